The van der Waals surface area contributed by atoms with Crippen molar-refractivity contribution in [2.75, 3.05) is 12.4 Å². The third-order valence-corrected chi connectivity index (χ3v) is 4.81. The Morgan fingerprint density at radius 2 is 1.92 bits per heavy atom. The quantitative estimate of drug-likeness (QED) is 0.889. The van der Waals surface area contributed by atoms with Crippen LogP contribution in [0.25, 0.3) is 0 Å². The summed E-state index contributed by atoms with van der Waals surface area (Å²) in [4.78, 5) is 14.5. The van der Waals surface area contributed by atoms with Crippen LogP contribution in [0.15, 0.2) is 40.8 Å². The number of carbonyl (C=O) groups is 1. The van der Waals surface area contributed by atoms with E-state index in [1.807, 2.05) is 42.3 Å². The first-order valence-electron chi connectivity index (χ1n) is 8.77. The van der Waals surface area contributed by atoms with E-state index in [0.717, 1.165) is 18.5 Å². The van der Waals surface area contributed by atoms with E-state index in [0.29, 0.717) is 29.7 Å². The fraction of sp³-hybridized carbons (Fsp3) is 0.400. The second-order valence-electron chi connectivity index (χ2n) is 6.52. The predicted octanol–water partition coefficient (Wildman–Crippen LogP) is 4.17. The predicted molar refractivity (Wildman–Crippen MR) is 96.2 cm³/mol. The molecule has 0 atom stereocenters. The van der Waals surface area contributed by atoms with Crippen molar-refractivity contribution < 1.29 is 9.21 Å². The van der Waals surface area contributed by atoms with E-state index in [-0.39, 0.29) is 5.91 Å². The number of nitrogens with zero attached hydrogens (tertiary/aromatic N) is 2. The number of anilines is 1. The van der Waals surface area contributed by atoms with E-state index in [1.165, 1.54) is 19.3 Å². The number of furan rings is 1. The van der Waals surface area contributed by atoms with Crippen LogP contribution >= 0.6 is 0 Å². The molecule has 3 rings (SSSR count). The zero-order chi connectivity index (χ0) is 17.6. The van der Waals surface area contributed by atoms with E-state index >= 15 is 0 Å². The van der Waals surface area contributed by atoms with E-state index in [9.17, 15) is 4.79 Å². The number of hydrogen-bond donors (Lipinski definition) is 1. The Balaban J connectivity index is 1.57. The highest BCUT2D eigenvalue weighted by Crippen LogP contribution is 2.23. The first kappa shape index (κ1) is 17.1. The topological polar surface area (TPSA) is 69.3 Å². The molecular formula is C20H23N3O2. The summed E-state index contributed by atoms with van der Waals surface area (Å²) in [5.74, 6) is 1.10. The molecule has 1 heterocycles. The van der Waals surface area contributed by atoms with Crippen LogP contribution < -0.4 is 5.32 Å². The van der Waals surface area contributed by atoms with Crippen LogP contribution in [0.4, 0.5) is 5.69 Å². The van der Waals surface area contributed by atoms with Gasteiger partial charge in [-0.3, -0.25) is 4.79 Å². The third-order valence-electron chi connectivity index (χ3n) is 4.81. The Hall–Kier alpha value is -2.74. The molecule has 5 nitrogen and oxygen atoms in total. The van der Waals surface area contributed by atoms with Crippen molar-refractivity contribution in [3.8, 4) is 6.07 Å². The Kier molecular flexibility index (Phi) is 5.39. The molecule has 1 aromatic carbocycles. The van der Waals surface area contributed by atoms with Crippen LogP contribution in [0, 0.1) is 11.3 Å². The lowest BCUT2D eigenvalue weighted by molar-refractivity contribution is 0.0696. The summed E-state index contributed by atoms with van der Waals surface area (Å²) >= 11 is 0. The number of amides is 1. The minimum atomic E-state index is 0.0862. The van der Waals surface area contributed by atoms with Gasteiger partial charge in [-0.1, -0.05) is 19.3 Å². The van der Waals surface area contributed by atoms with Crippen LogP contribution in [0.1, 0.15) is 54.0 Å². The van der Waals surface area contributed by atoms with Gasteiger partial charge in [-0.25, -0.2) is 0 Å². The van der Waals surface area contributed by atoms with Gasteiger partial charge in [-0.15, -0.1) is 0 Å². The molecule has 1 amide bonds. The van der Waals surface area contributed by atoms with Crippen molar-refractivity contribution in [3.05, 3.63) is 53.5 Å². The highest BCUT2D eigenvalue weighted by Gasteiger charge is 2.22. The van der Waals surface area contributed by atoms with Gasteiger partial charge in [0.25, 0.3) is 5.91 Å². The zero-order valence-corrected chi connectivity index (χ0v) is 14.5. The molecule has 1 aliphatic carbocycles. The Morgan fingerprint density at radius 1 is 1.20 bits per heavy atom. The van der Waals surface area contributed by atoms with E-state index < -0.39 is 0 Å². The molecule has 0 aliphatic heterocycles. The summed E-state index contributed by atoms with van der Waals surface area (Å²) in [7, 11) is 1.91. The summed E-state index contributed by atoms with van der Waals surface area (Å²) in [5.41, 5.74) is 1.62. The Labute approximate surface area is 148 Å². The zero-order valence-electron chi connectivity index (χ0n) is 14.5. The molecule has 1 N–H and O–H groups in total. The first-order chi connectivity index (χ1) is 12.2. The van der Waals surface area contributed by atoms with Crippen LogP contribution in [0.2, 0.25) is 0 Å². The molecule has 25 heavy (non-hydrogen) atoms. The molecule has 0 saturated heterocycles. The van der Waals surface area contributed by atoms with Gasteiger partial charge in [0.15, 0.2) is 0 Å². The van der Waals surface area contributed by atoms with Gasteiger partial charge in [-0.05, 0) is 49.2 Å². The molecule has 1 fully saturated rings. The average Bonchev–Trinajstić information content (AvgIpc) is 3.14. The molecular weight excluding hydrogens is 314 g/mol. The van der Waals surface area contributed by atoms with Crippen molar-refractivity contribution in [1.29, 1.82) is 5.26 Å². The first-order valence-corrected chi connectivity index (χ1v) is 8.77. The average molecular weight is 337 g/mol. The summed E-state index contributed by atoms with van der Waals surface area (Å²) in [5, 5.41) is 12.0. The van der Waals surface area contributed by atoms with E-state index in [1.54, 1.807) is 12.1 Å². The Bertz CT molecular complexity index is 752. The maximum atomic E-state index is 12.6. The molecule has 0 radical (unpaired) electrons. The number of nitrogens with one attached hydrogen (secondary N) is 1. The smallest absolute Gasteiger partial charge is 0.253 e. The second kappa shape index (κ2) is 7.89. The molecule has 1 aromatic heterocycles. The number of benzene rings is 1. The molecule has 1 saturated carbocycles. The fourth-order valence-electron chi connectivity index (χ4n) is 3.29. The molecule has 5 heteroatoms. The molecule has 0 bridgehead atoms. The maximum absolute atomic E-state index is 12.6. The van der Waals surface area contributed by atoms with E-state index in [4.69, 9.17) is 9.68 Å². The lowest BCUT2D eigenvalue weighted by Gasteiger charge is -2.31. The molecule has 2 aromatic rings. The minimum absolute atomic E-state index is 0.0862. The van der Waals surface area contributed by atoms with Crippen LogP contribution in [0.5, 0.6) is 0 Å². The maximum Gasteiger partial charge on any atom is 0.253 e. The number of nitriles is 1. The number of rotatable bonds is 5. The monoisotopic (exact) mass is 337 g/mol. The third kappa shape index (κ3) is 4.21. The summed E-state index contributed by atoms with van der Waals surface area (Å²) in [6.45, 7) is 0.497. The highest BCUT2D eigenvalue weighted by molar-refractivity contribution is 5.94. The molecule has 1 aliphatic rings. The van der Waals surface area contributed by atoms with Gasteiger partial charge in [0.05, 0.1) is 6.54 Å². The van der Waals surface area contributed by atoms with Crippen LogP contribution in [-0.4, -0.2) is 23.9 Å². The van der Waals surface area contributed by atoms with Crippen molar-refractivity contribution in [3.63, 3.8) is 0 Å². The Morgan fingerprint density at radius 3 is 2.56 bits per heavy atom. The second-order valence-corrected chi connectivity index (χ2v) is 6.52. The largest absolute Gasteiger partial charge is 0.449 e. The van der Waals surface area contributed by atoms with Crippen molar-refractivity contribution in [1.82, 2.24) is 4.90 Å². The fourth-order valence-corrected chi connectivity index (χ4v) is 3.29. The molecule has 0 unspecified atom stereocenters. The SMILES string of the molecule is CN(C(=O)c1ccc(NCc2ccc(C#N)o2)cc1)C1CCCCC1. The molecule has 130 valence electrons. The van der Waals surface area contributed by atoms with Gasteiger partial charge in [0.2, 0.25) is 5.76 Å². The van der Waals surface area contributed by atoms with Crippen molar-refractivity contribution >= 4 is 11.6 Å². The molecule has 0 spiro atoms. The van der Waals surface area contributed by atoms with Gasteiger partial charge < -0.3 is 14.6 Å². The summed E-state index contributed by atoms with van der Waals surface area (Å²) in [6, 6.07) is 13.3. The van der Waals surface area contributed by atoms with Gasteiger partial charge in [0.1, 0.15) is 11.8 Å². The van der Waals surface area contributed by atoms with Crippen molar-refractivity contribution in [2.24, 2.45) is 0 Å². The van der Waals surface area contributed by atoms with Gasteiger partial charge in [0, 0.05) is 24.3 Å². The van der Waals surface area contributed by atoms with Gasteiger partial charge >= 0.3 is 0 Å². The lowest BCUT2D eigenvalue weighted by atomic mass is 9.94. The highest BCUT2D eigenvalue weighted by atomic mass is 16.3. The standard InChI is InChI=1S/C20H23N3O2/c1-23(17-5-3-2-4-6-17)20(24)15-7-9-16(10-8-15)22-14-19-12-11-18(13-21)25-19/h7-12,17,22H,2-6,14H2,1H3. The minimum Gasteiger partial charge on any atom is -0.449 e. The number of hydrogen-bond acceptors (Lipinski definition) is 4. The number of carbonyl (C=O) groups excluding carboxylic acids is 1. The van der Waals surface area contributed by atoms with Crippen LogP contribution in [0.3, 0.4) is 0 Å². The van der Waals surface area contributed by atoms with Gasteiger partial charge in [-0.2, -0.15) is 5.26 Å². The van der Waals surface area contributed by atoms with Crippen molar-refractivity contribution in [2.45, 2.75) is 44.7 Å². The van der Waals surface area contributed by atoms with E-state index in [2.05, 4.69) is 5.32 Å². The summed E-state index contributed by atoms with van der Waals surface area (Å²) < 4.78 is 5.33. The lowest BCUT2D eigenvalue weighted by Crippen LogP contribution is -2.38. The normalized spacial score (nSPS) is 14.7. The van der Waals surface area contributed by atoms with Crippen LogP contribution in [-0.2, 0) is 6.54 Å². The summed E-state index contributed by atoms with van der Waals surface area (Å²) in [6.07, 6.45) is 5.92.